The Morgan fingerprint density at radius 1 is 1.00 bits per heavy atom. The van der Waals surface area contributed by atoms with Crippen LogP contribution in [0.25, 0.3) is 10.8 Å². The Kier molecular flexibility index (Phi) is 6.78. The maximum Gasteiger partial charge on any atom is 0.246 e. The van der Waals surface area contributed by atoms with Gasteiger partial charge >= 0.3 is 0 Å². The van der Waals surface area contributed by atoms with Gasteiger partial charge in [-0.25, -0.2) is 4.98 Å². The van der Waals surface area contributed by atoms with Crippen molar-refractivity contribution in [1.29, 1.82) is 0 Å². The minimum atomic E-state index is 0.407. The van der Waals surface area contributed by atoms with Crippen LogP contribution in [0.2, 0.25) is 0 Å². The van der Waals surface area contributed by atoms with Crippen LogP contribution >= 0.6 is 12.2 Å². The topological polar surface area (TPSA) is 71.5 Å². The molecule has 0 radical (unpaired) electrons. The lowest BCUT2D eigenvalue weighted by molar-refractivity contribution is 0.122. The van der Waals surface area contributed by atoms with Gasteiger partial charge in [-0.1, -0.05) is 54.6 Å². The molecule has 0 unspecified atom stereocenters. The number of hydrogen-bond donors (Lipinski definition) is 2. The number of nitrogens with one attached hydrogen (secondary N) is 2. The van der Waals surface area contributed by atoms with Gasteiger partial charge in [0.1, 0.15) is 12.0 Å². The van der Waals surface area contributed by atoms with Crippen molar-refractivity contribution < 1.29 is 9.47 Å². The molecule has 0 amide bonds. The smallest absolute Gasteiger partial charge is 0.246 e. The number of para-hydroxylation sites is 2. The van der Waals surface area contributed by atoms with Crippen molar-refractivity contribution in [3.8, 4) is 11.6 Å². The molecule has 0 bridgehead atoms. The van der Waals surface area contributed by atoms with Crippen molar-refractivity contribution in [2.75, 3.05) is 36.5 Å². The monoisotopic (exact) mass is 471 g/mol. The molecular weight excluding hydrogens is 446 g/mol. The first-order chi connectivity index (χ1) is 16.8. The third-order valence-corrected chi connectivity index (χ3v) is 5.91. The molecule has 0 saturated carbocycles. The van der Waals surface area contributed by atoms with E-state index < -0.39 is 0 Å². The van der Waals surface area contributed by atoms with Crippen molar-refractivity contribution in [2.24, 2.45) is 0 Å². The van der Waals surface area contributed by atoms with Crippen LogP contribution in [0.15, 0.2) is 79.3 Å². The molecule has 7 nitrogen and oxygen atoms in total. The van der Waals surface area contributed by atoms with E-state index in [1.54, 1.807) is 6.20 Å². The highest BCUT2D eigenvalue weighted by molar-refractivity contribution is 7.80. The molecule has 34 heavy (non-hydrogen) atoms. The van der Waals surface area contributed by atoms with Crippen molar-refractivity contribution in [1.82, 2.24) is 15.3 Å². The summed E-state index contributed by atoms with van der Waals surface area (Å²) in [5.41, 5.74) is 2.77. The number of fused-ring (bicyclic) bond motifs is 1. The predicted molar refractivity (Wildman–Crippen MR) is 139 cm³/mol. The first-order valence-corrected chi connectivity index (χ1v) is 11.6. The van der Waals surface area contributed by atoms with E-state index in [-0.39, 0.29) is 0 Å². The molecule has 4 aromatic rings. The highest BCUT2D eigenvalue weighted by Crippen LogP contribution is 2.34. The van der Waals surface area contributed by atoms with Crippen LogP contribution in [0.5, 0.6) is 11.6 Å². The van der Waals surface area contributed by atoms with E-state index in [1.165, 1.54) is 22.7 Å². The van der Waals surface area contributed by atoms with Crippen molar-refractivity contribution in [3.63, 3.8) is 0 Å². The number of benzene rings is 3. The van der Waals surface area contributed by atoms with Crippen LogP contribution in [0, 0.1) is 0 Å². The molecule has 1 aliphatic rings. The van der Waals surface area contributed by atoms with Gasteiger partial charge < -0.3 is 25.0 Å². The lowest BCUT2D eigenvalue weighted by atomic mass is 10.0. The number of hydrogen-bond acceptors (Lipinski definition) is 6. The fourth-order valence-electron chi connectivity index (χ4n) is 3.99. The Hall–Kier alpha value is -3.75. The van der Waals surface area contributed by atoms with Crippen LogP contribution in [0.4, 0.5) is 11.4 Å². The van der Waals surface area contributed by atoms with E-state index in [2.05, 4.69) is 55.8 Å². The fourth-order valence-corrected chi connectivity index (χ4v) is 4.17. The summed E-state index contributed by atoms with van der Waals surface area (Å²) in [7, 11) is 0. The second-order valence-corrected chi connectivity index (χ2v) is 8.26. The average Bonchev–Trinajstić information content (AvgIpc) is 2.89. The molecule has 5 rings (SSSR count). The number of nitrogens with zero attached hydrogens (tertiary/aromatic N) is 3. The van der Waals surface area contributed by atoms with E-state index in [0.717, 1.165) is 24.5 Å². The normalized spacial score (nSPS) is 13.5. The molecule has 2 N–H and O–H groups in total. The first-order valence-electron chi connectivity index (χ1n) is 11.2. The Balaban J connectivity index is 1.29. The number of morpholine rings is 1. The quantitative estimate of drug-likeness (QED) is 0.391. The third kappa shape index (κ3) is 5.08. The van der Waals surface area contributed by atoms with E-state index in [9.17, 15) is 0 Å². The van der Waals surface area contributed by atoms with Crippen LogP contribution < -0.4 is 20.3 Å². The highest BCUT2D eigenvalue weighted by atomic mass is 32.1. The van der Waals surface area contributed by atoms with Crippen molar-refractivity contribution >= 4 is 39.5 Å². The van der Waals surface area contributed by atoms with Gasteiger partial charge in [0.05, 0.1) is 25.1 Å². The van der Waals surface area contributed by atoms with Crippen LogP contribution in [-0.4, -0.2) is 41.4 Å². The zero-order valence-corrected chi connectivity index (χ0v) is 19.4. The molecule has 3 aromatic carbocycles. The van der Waals surface area contributed by atoms with Crippen LogP contribution in [-0.2, 0) is 11.3 Å². The van der Waals surface area contributed by atoms with Gasteiger partial charge in [0, 0.05) is 19.6 Å². The lowest BCUT2D eigenvalue weighted by Crippen LogP contribution is -2.36. The maximum atomic E-state index is 6.23. The molecule has 0 aliphatic carbocycles. The fraction of sp³-hybridized carbons (Fsp3) is 0.192. The SMILES string of the molecule is S=C(NCc1cccc2ccccc12)Nc1cncnc1Oc1ccccc1N1CCOCC1. The van der Waals surface area contributed by atoms with Crippen molar-refractivity contribution in [2.45, 2.75) is 6.54 Å². The molecule has 2 heterocycles. The molecule has 1 saturated heterocycles. The molecule has 1 aliphatic heterocycles. The Morgan fingerprint density at radius 2 is 1.79 bits per heavy atom. The number of rotatable bonds is 6. The molecule has 8 heteroatoms. The summed E-state index contributed by atoms with van der Waals surface area (Å²) < 4.78 is 11.7. The molecule has 0 spiro atoms. The van der Waals surface area contributed by atoms with E-state index in [4.69, 9.17) is 21.7 Å². The van der Waals surface area contributed by atoms with Gasteiger partial charge in [0.2, 0.25) is 5.88 Å². The average molecular weight is 472 g/mol. The second kappa shape index (κ2) is 10.5. The summed E-state index contributed by atoms with van der Waals surface area (Å²) >= 11 is 5.55. The lowest BCUT2D eigenvalue weighted by Gasteiger charge is -2.30. The van der Waals surface area contributed by atoms with Gasteiger partial charge in [0.25, 0.3) is 0 Å². The van der Waals surface area contributed by atoms with Gasteiger partial charge in [-0.05, 0) is 40.7 Å². The summed E-state index contributed by atoms with van der Waals surface area (Å²) in [4.78, 5) is 10.7. The number of ether oxygens (including phenoxy) is 2. The third-order valence-electron chi connectivity index (χ3n) is 5.67. The minimum Gasteiger partial charge on any atom is -0.435 e. The molecule has 172 valence electrons. The summed E-state index contributed by atoms with van der Waals surface area (Å²) in [5.74, 6) is 1.13. The minimum absolute atomic E-state index is 0.407. The summed E-state index contributed by atoms with van der Waals surface area (Å²) in [5, 5.41) is 9.33. The van der Waals surface area contributed by atoms with Crippen molar-refractivity contribution in [3.05, 3.63) is 84.8 Å². The van der Waals surface area contributed by atoms with Gasteiger partial charge in [-0.15, -0.1) is 0 Å². The van der Waals surface area contributed by atoms with Crippen LogP contribution in [0.1, 0.15) is 5.56 Å². The Labute approximate surface area is 203 Å². The summed E-state index contributed by atoms with van der Waals surface area (Å²) in [6, 6.07) is 22.5. The highest BCUT2D eigenvalue weighted by Gasteiger charge is 2.17. The first kappa shape index (κ1) is 22.1. The number of aromatic nitrogens is 2. The van der Waals surface area contributed by atoms with Gasteiger partial charge in [-0.2, -0.15) is 4.98 Å². The maximum absolute atomic E-state index is 6.23. The summed E-state index contributed by atoms with van der Waals surface area (Å²) in [6.07, 6.45) is 3.12. The Bertz CT molecular complexity index is 1290. The van der Waals surface area contributed by atoms with E-state index >= 15 is 0 Å². The van der Waals surface area contributed by atoms with Gasteiger partial charge in [-0.3, -0.25) is 0 Å². The number of thiocarbonyl (C=S) groups is 1. The summed E-state index contributed by atoms with van der Waals surface area (Å²) in [6.45, 7) is 3.63. The second-order valence-electron chi connectivity index (χ2n) is 7.86. The molecule has 0 atom stereocenters. The zero-order chi connectivity index (χ0) is 23.2. The van der Waals surface area contributed by atoms with E-state index in [0.29, 0.717) is 36.4 Å². The standard InChI is InChI=1S/C26H25N5O2S/c34-26(28-16-20-8-5-7-19-6-1-2-9-21(19)20)30-22-17-27-18-29-25(22)33-24-11-4-3-10-23(24)31-12-14-32-15-13-31/h1-11,17-18H,12-16H2,(H2,28,30,34). The largest absolute Gasteiger partial charge is 0.435 e. The molecule has 1 aromatic heterocycles. The Morgan fingerprint density at radius 3 is 2.71 bits per heavy atom. The molecule has 1 fully saturated rings. The zero-order valence-electron chi connectivity index (χ0n) is 18.6. The van der Waals surface area contributed by atoms with Crippen LogP contribution in [0.3, 0.4) is 0 Å². The van der Waals surface area contributed by atoms with Gasteiger partial charge in [0.15, 0.2) is 10.9 Å². The molecular formula is C26H25N5O2S. The number of anilines is 2. The predicted octanol–water partition coefficient (Wildman–Crippen LogP) is 4.75. The van der Waals surface area contributed by atoms with E-state index in [1.807, 2.05) is 36.4 Å².